The number of hydrogen-bond acceptors (Lipinski definition) is 4. The van der Waals surface area contributed by atoms with Crippen LogP contribution < -0.4 is 10.6 Å². The summed E-state index contributed by atoms with van der Waals surface area (Å²) >= 11 is 0. The fourth-order valence-electron chi connectivity index (χ4n) is 4.67. The number of likely N-dealkylation sites (tertiary alicyclic amines) is 1. The first-order valence-corrected chi connectivity index (χ1v) is 11.7. The molecule has 1 aromatic rings. The highest BCUT2D eigenvalue weighted by atomic mass is 16.4. The normalized spacial score (nSPS) is 19.8. The van der Waals surface area contributed by atoms with E-state index >= 15 is 0 Å². The quantitative estimate of drug-likeness (QED) is 0.370. The van der Waals surface area contributed by atoms with Crippen molar-refractivity contribution in [2.45, 2.75) is 78.2 Å². The molecule has 3 rings (SSSR count). The summed E-state index contributed by atoms with van der Waals surface area (Å²) in [6, 6.07) is 0. The van der Waals surface area contributed by atoms with E-state index in [-0.39, 0.29) is 0 Å². The van der Waals surface area contributed by atoms with Crippen LogP contribution in [0.3, 0.4) is 0 Å². The second-order valence-corrected chi connectivity index (χ2v) is 8.99. The van der Waals surface area contributed by atoms with Gasteiger partial charge in [0.15, 0.2) is 5.96 Å². The molecule has 1 aromatic heterocycles. The van der Waals surface area contributed by atoms with Crippen LogP contribution in [0.4, 0.5) is 0 Å². The number of hydrogen-bond donors (Lipinski definition) is 2. The molecular formula is C23H41N5O. The van der Waals surface area contributed by atoms with Gasteiger partial charge in [0.1, 0.15) is 5.76 Å². The maximum Gasteiger partial charge on any atom is 0.208 e. The van der Waals surface area contributed by atoms with Gasteiger partial charge in [-0.2, -0.15) is 0 Å². The summed E-state index contributed by atoms with van der Waals surface area (Å²) < 4.78 is 5.73. The van der Waals surface area contributed by atoms with E-state index in [2.05, 4.69) is 25.5 Å². The smallest absolute Gasteiger partial charge is 0.208 e. The average Bonchev–Trinajstić information content (AvgIpc) is 3.35. The van der Waals surface area contributed by atoms with Crippen LogP contribution in [0.15, 0.2) is 9.41 Å². The number of aliphatic imine (C=N–C) groups is 1. The van der Waals surface area contributed by atoms with E-state index < -0.39 is 0 Å². The van der Waals surface area contributed by atoms with Gasteiger partial charge in [-0.25, -0.2) is 4.98 Å². The van der Waals surface area contributed by atoms with Gasteiger partial charge >= 0.3 is 0 Å². The standard InChI is InChI=1S/C23H41N5O/c1-18-19(2)29-22(27-18)17-28-14-11-21(12-15-28)16-26-23(24-3)25-13-7-6-10-20-8-4-5-9-20/h20-21H,4-17H2,1-3H3,(H2,24,25,26). The molecule has 6 nitrogen and oxygen atoms in total. The van der Waals surface area contributed by atoms with Gasteiger partial charge < -0.3 is 15.1 Å². The Morgan fingerprint density at radius 3 is 2.48 bits per heavy atom. The van der Waals surface area contributed by atoms with E-state index in [1.807, 2.05) is 20.9 Å². The van der Waals surface area contributed by atoms with Crippen molar-refractivity contribution in [3.05, 3.63) is 17.3 Å². The van der Waals surface area contributed by atoms with Crippen LogP contribution in [0.1, 0.15) is 75.1 Å². The molecule has 2 aliphatic rings. The molecule has 1 aliphatic carbocycles. The number of rotatable bonds is 9. The molecule has 1 saturated carbocycles. The van der Waals surface area contributed by atoms with E-state index in [0.29, 0.717) is 5.92 Å². The van der Waals surface area contributed by atoms with Crippen LogP contribution in [0, 0.1) is 25.7 Å². The van der Waals surface area contributed by atoms with Gasteiger partial charge in [0.05, 0.1) is 12.2 Å². The van der Waals surface area contributed by atoms with Crippen molar-refractivity contribution in [3.63, 3.8) is 0 Å². The van der Waals surface area contributed by atoms with Gasteiger partial charge in [-0.1, -0.05) is 38.5 Å². The molecule has 0 unspecified atom stereocenters. The van der Waals surface area contributed by atoms with Crippen molar-refractivity contribution in [1.82, 2.24) is 20.5 Å². The Hall–Kier alpha value is -1.56. The molecule has 29 heavy (non-hydrogen) atoms. The third kappa shape index (κ3) is 7.32. The number of guanidine groups is 1. The van der Waals surface area contributed by atoms with Gasteiger partial charge in [-0.15, -0.1) is 0 Å². The molecule has 2 N–H and O–H groups in total. The molecule has 164 valence electrons. The topological polar surface area (TPSA) is 65.7 Å². The zero-order valence-corrected chi connectivity index (χ0v) is 18.8. The number of aromatic nitrogens is 1. The number of aryl methyl sites for hydroxylation is 2. The summed E-state index contributed by atoms with van der Waals surface area (Å²) in [5.41, 5.74) is 1.01. The van der Waals surface area contributed by atoms with Crippen molar-refractivity contribution >= 4 is 5.96 Å². The highest BCUT2D eigenvalue weighted by molar-refractivity contribution is 5.79. The zero-order valence-electron chi connectivity index (χ0n) is 18.8. The summed E-state index contributed by atoms with van der Waals surface area (Å²) in [6.45, 7) is 9.09. The van der Waals surface area contributed by atoms with E-state index in [1.165, 1.54) is 57.8 Å². The monoisotopic (exact) mass is 403 g/mol. The van der Waals surface area contributed by atoms with E-state index in [9.17, 15) is 0 Å². The fraction of sp³-hybridized carbons (Fsp3) is 0.826. The molecule has 2 heterocycles. The number of unbranched alkanes of at least 4 members (excludes halogenated alkanes) is 1. The van der Waals surface area contributed by atoms with Gasteiger partial charge in [0.25, 0.3) is 0 Å². The molecule has 1 saturated heterocycles. The third-order valence-electron chi connectivity index (χ3n) is 6.73. The second kappa shape index (κ2) is 11.6. The molecule has 0 atom stereocenters. The van der Waals surface area contributed by atoms with Crippen LogP contribution in [-0.4, -0.2) is 49.1 Å². The van der Waals surface area contributed by atoms with Crippen LogP contribution in [0.5, 0.6) is 0 Å². The van der Waals surface area contributed by atoms with Crippen LogP contribution in [0.2, 0.25) is 0 Å². The first kappa shape index (κ1) is 22.1. The van der Waals surface area contributed by atoms with Gasteiger partial charge in [-0.05, 0) is 58.0 Å². The SMILES string of the molecule is CN=C(NCCCCC1CCCC1)NCC1CCN(Cc2nc(C)c(C)o2)CC1. The summed E-state index contributed by atoms with van der Waals surface area (Å²) in [4.78, 5) is 11.4. The molecule has 1 aliphatic heterocycles. The van der Waals surface area contributed by atoms with Crippen molar-refractivity contribution < 1.29 is 4.42 Å². The maximum atomic E-state index is 5.73. The predicted molar refractivity (Wildman–Crippen MR) is 119 cm³/mol. The highest BCUT2D eigenvalue weighted by Gasteiger charge is 2.21. The lowest BCUT2D eigenvalue weighted by Gasteiger charge is -2.31. The van der Waals surface area contributed by atoms with Crippen molar-refractivity contribution in [1.29, 1.82) is 0 Å². The van der Waals surface area contributed by atoms with Crippen molar-refractivity contribution in [2.24, 2.45) is 16.8 Å². The highest BCUT2D eigenvalue weighted by Crippen LogP contribution is 2.28. The van der Waals surface area contributed by atoms with Crippen LogP contribution in [0.25, 0.3) is 0 Å². The fourth-order valence-corrected chi connectivity index (χ4v) is 4.67. The molecule has 0 bridgehead atoms. The molecule has 0 radical (unpaired) electrons. The largest absolute Gasteiger partial charge is 0.444 e. The molecule has 6 heteroatoms. The Morgan fingerprint density at radius 1 is 1.07 bits per heavy atom. The number of piperidine rings is 1. The zero-order chi connectivity index (χ0) is 20.5. The van der Waals surface area contributed by atoms with E-state index in [4.69, 9.17) is 4.42 Å². The van der Waals surface area contributed by atoms with Gasteiger partial charge in [0.2, 0.25) is 5.89 Å². The Labute approximate surface area is 176 Å². The average molecular weight is 404 g/mol. The van der Waals surface area contributed by atoms with E-state index in [0.717, 1.165) is 61.9 Å². The Morgan fingerprint density at radius 2 is 1.83 bits per heavy atom. The van der Waals surface area contributed by atoms with Gasteiger partial charge in [-0.3, -0.25) is 9.89 Å². The maximum absolute atomic E-state index is 5.73. The second-order valence-electron chi connectivity index (χ2n) is 8.99. The molecule has 0 amide bonds. The Bertz CT molecular complexity index is 608. The summed E-state index contributed by atoms with van der Waals surface area (Å²) in [5.74, 6) is 4.47. The molecule has 0 spiro atoms. The van der Waals surface area contributed by atoms with Crippen molar-refractivity contribution in [2.75, 3.05) is 33.2 Å². The first-order valence-electron chi connectivity index (χ1n) is 11.7. The molecular weight excluding hydrogens is 362 g/mol. The Balaban J connectivity index is 1.25. The summed E-state index contributed by atoms with van der Waals surface area (Å²) in [7, 11) is 1.87. The predicted octanol–water partition coefficient (Wildman–Crippen LogP) is 4.03. The van der Waals surface area contributed by atoms with Gasteiger partial charge in [0, 0.05) is 20.1 Å². The number of oxazole rings is 1. The lowest BCUT2D eigenvalue weighted by Crippen LogP contribution is -2.43. The minimum absolute atomic E-state index is 0.709. The summed E-state index contributed by atoms with van der Waals surface area (Å²) in [6.07, 6.45) is 12.3. The molecule has 0 aromatic carbocycles. The van der Waals surface area contributed by atoms with E-state index in [1.54, 1.807) is 0 Å². The Kier molecular flexibility index (Phi) is 8.84. The summed E-state index contributed by atoms with van der Waals surface area (Å²) in [5, 5.41) is 7.03. The van der Waals surface area contributed by atoms with Crippen LogP contribution >= 0.6 is 0 Å². The first-order chi connectivity index (χ1) is 14.1. The minimum atomic E-state index is 0.709. The molecule has 2 fully saturated rings. The lowest BCUT2D eigenvalue weighted by molar-refractivity contribution is 0.164. The van der Waals surface area contributed by atoms with Crippen LogP contribution in [-0.2, 0) is 6.54 Å². The third-order valence-corrected chi connectivity index (χ3v) is 6.73. The lowest BCUT2D eigenvalue weighted by atomic mass is 9.97. The number of nitrogens with one attached hydrogen (secondary N) is 2. The van der Waals surface area contributed by atoms with Crippen molar-refractivity contribution in [3.8, 4) is 0 Å². The number of nitrogens with zero attached hydrogens (tertiary/aromatic N) is 3. The minimum Gasteiger partial charge on any atom is -0.444 e.